The van der Waals surface area contributed by atoms with Crippen molar-refractivity contribution in [1.82, 2.24) is 19.9 Å². The molecule has 0 saturated carbocycles. The zero-order chi connectivity index (χ0) is 35.3. The summed E-state index contributed by atoms with van der Waals surface area (Å²) in [6, 6.07) is 41.2. The highest BCUT2D eigenvalue weighted by Crippen LogP contribution is 2.44. The van der Waals surface area contributed by atoms with Crippen molar-refractivity contribution >= 4 is 119 Å². The predicted molar refractivity (Wildman–Crippen MR) is 230 cm³/mol. The number of aromatic nitrogens is 4. The molecule has 5 nitrogen and oxygen atoms in total. The second-order valence-electron chi connectivity index (χ2n) is 12.4. The number of halogens is 3. The van der Waals surface area contributed by atoms with E-state index in [4.69, 9.17) is 5.73 Å². The molecule has 4 aromatic heterocycles. The van der Waals surface area contributed by atoms with E-state index in [-0.39, 0.29) is 1.43 Å². The van der Waals surface area contributed by atoms with Crippen LogP contribution in [0.5, 0.6) is 0 Å². The largest absolute Gasteiger partial charge is 0.398 e. The van der Waals surface area contributed by atoms with Gasteiger partial charge >= 0.3 is 0 Å². The first kappa shape index (κ1) is 32.6. The van der Waals surface area contributed by atoms with E-state index < -0.39 is 0 Å². The van der Waals surface area contributed by atoms with E-state index >= 15 is 0 Å². The molecule has 0 aliphatic carbocycles. The van der Waals surface area contributed by atoms with Crippen LogP contribution in [0.15, 0.2) is 160 Å². The molecule has 0 fully saturated rings. The fraction of sp³-hybridized carbons (Fsp3) is 0. The van der Waals surface area contributed by atoms with Crippen molar-refractivity contribution in [3.8, 4) is 22.3 Å². The molecule has 0 aliphatic heterocycles. The lowest BCUT2D eigenvalue weighted by Crippen LogP contribution is -1.95. The topological polar surface area (TPSA) is 77.6 Å². The SMILES string of the molecule is Brc1ccccc1-c1ccc2c3cccnc3c3ncccc3c2c1Br.Nc1c(-c2ccccc2Br)ccc2c3cccnc3c3ncccc3c12.[2HH]. The second kappa shape index (κ2) is 13.4. The third-order valence-corrected chi connectivity index (χ3v) is 11.7. The number of hydrogen-bond donors (Lipinski definition) is 1. The molecule has 0 bridgehead atoms. The summed E-state index contributed by atoms with van der Waals surface area (Å²) in [7, 11) is 0. The molecular formula is C44H28Br3N5. The van der Waals surface area contributed by atoms with Crippen molar-refractivity contribution in [2.45, 2.75) is 0 Å². The second-order valence-corrected chi connectivity index (χ2v) is 14.9. The summed E-state index contributed by atoms with van der Waals surface area (Å²) in [6.45, 7) is 0. The van der Waals surface area contributed by atoms with Crippen LogP contribution in [-0.2, 0) is 0 Å². The van der Waals surface area contributed by atoms with Gasteiger partial charge < -0.3 is 5.73 Å². The summed E-state index contributed by atoms with van der Waals surface area (Å²) in [4.78, 5) is 18.4. The van der Waals surface area contributed by atoms with Crippen LogP contribution in [0.4, 0.5) is 5.69 Å². The Morgan fingerprint density at radius 2 is 0.769 bits per heavy atom. The fourth-order valence-corrected chi connectivity index (χ4v) is 8.98. The van der Waals surface area contributed by atoms with Gasteiger partial charge in [0.2, 0.25) is 0 Å². The average molecular weight is 867 g/mol. The Kier molecular flexibility index (Phi) is 8.38. The summed E-state index contributed by atoms with van der Waals surface area (Å²) in [6.07, 6.45) is 7.26. The van der Waals surface area contributed by atoms with E-state index in [1.807, 2.05) is 60.9 Å². The molecule has 2 N–H and O–H groups in total. The molecule has 4 heterocycles. The van der Waals surface area contributed by atoms with Gasteiger partial charge in [-0.25, -0.2) is 0 Å². The molecule has 52 heavy (non-hydrogen) atoms. The van der Waals surface area contributed by atoms with Crippen LogP contribution in [0.3, 0.4) is 0 Å². The van der Waals surface area contributed by atoms with Crippen LogP contribution in [0, 0.1) is 0 Å². The summed E-state index contributed by atoms with van der Waals surface area (Å²) in [5.41, 5.74) is 15.5. The zero-order valence-electron chi connectivity index (χ0n) is 27.4. The monoisotopic (exact) mass is 864 g/mol. The van der Waals surface area contributed by atoms with Gasteiger partial charge in [0.15, 0.2) is 0 Å². The van der Waals surface area contributed by atoms with Crippen LogP contribution in [-0.4, -0.2) is 19.9 Å². The number of nitrogens with zero attached hydrogens (tertiary/aromatic N) is 4. The molecular weight excluding hydrogens is 838 g/mol. The van der Waals surface area contributed by atoms with Crippen LogP contribution >= 0.6 is 47.8 Å². The highest BCUT2D eigenvalue weighted by atomic mass is 79.9. The minimum atomic E-state index is 0. The third-order valence-electron chi connectivity index (χ3n) is 9.51. The number of pyridine rings is 4. The van der Waals surface area contributed by atoms with Crippen molar-refractivity contribution in [2.24, 2.45) is 0 Å². The average Bonchev–Trinajstić information content (AvgIpc) is 3.19. The molecule has 6 aromatic carbocycles. The van der Waals surface area contributed by atoms with Crippen molar-refractivity contribution in [1.29, 1.82) is 0 Å². The zero-order valence-corrected chi connectivity index (χ0v) is 32.1. The molecule has 0 unspecified atom stereocenters. The van der Waals surface area contributed by atoms with Gasteiger partial charge in [0.1, 0.15) is 0 Å². The lowest BCUT2D eigenvalue weighted by Gasteiger charge is -2.15. The third kappa shape index (κ3) is 5.32. The van der Waals surface area contributed by atoms with Crippen molar-refractivity contribution in [3.63, 3.8) is 0 Å². The quantitative estimate of drug-likeness (QED) is 0.138. The standard InChI is InChI=1S/C22H12Br2N2.C22H14BrN3.H2/c2*23-18-8-2-1-5-13(18)15-10-9-14-16-6-3-11-25-21(16)22-17(7-4-12-26-22)19(14)20(15)24;/h1-12H;1-12H,24H2;1H/i;;1+1. The maximum atomic E-state index is 6.71. The fourth-order valence-electron chi connectivity index (χ4n) is 7.21. The van der Waals surface area contributed by atoms with Crippen LogP contribution in [0.25, 0.3) is 87.4 Å². The van der Waals surface area contributed by atoms with Crippen LogP contribution in [0.1, 0.15) is 1.43 Å². The van der Waals surface area contributed by atoms with Crippen molar-refractivity contribution < 1.29 is 1.43 Å². The number of fused-ring (bicyclic) bond motifs is 12. The lowest BCUT2D eigenvalue weighted by molar-refractivity contribution is 1.38. The number of benzene rings is 6. The summed E-state index contributed by atoms with van der Waals surface area (Å²) in [5, 5.41) is 8.80. The molecule has 0 spiro atoms. The molecule has 0 amide bonds. The van der Waals surface area contributed by atoms with Crippen molar-refractivity contribution in [2.75, 3.05) is 5.73 Å². The van der Waals surface area contributed by atoms with Gasteiger partial charge in [0.25, 0.3) is 0 Å². The highest BCUT2D eigenvalue weighted by molar-refractivity contribution is 9.11. The molecule has 10 rings (SSSR count). The first-order chi connectivity index (χ1) is 25.5. The number of nitrogen functional groups attached to an aromatic ring is 1. The summed E-state index contributed by atoms with van der Waals surface area (Å²) >= 11 is 11.2. The van der Waals surface area contributed by atoms with Gasteiger partial charge in [0.05, 0.1) is 22.1 Å². The Morgan fingerprint density at radius 3 is 1.29 bits per heavy atom. The lowest BCUT2D eigenvalue weighted by atomic mass is 9.93. The van der Waals surface area contributed by atoms with Crippen molar-refractivity contribution in [3.05, 3.63) is 160 Å². The number of nitrogens with two attached hydrogens (primary N) is 1. The van der Waals surface area contributed by atoms with E-state index in [0.29, 0.717) is 0 Å². The normalized spacial score (nSPS) is 11.4. The van der Waals surface area contributed by atoms with Gasteiger partial charge in [0, 0.05) is 83.2 Å². The van der Waals surface area contributed by atoms with Gasteiger partial charge in [-0.15, -0.1) is 0 Å². The van der Waals surface area contributed by atoms with E-state index in [1.54, 1.807) is 12.4 Å². The molecule has 250 valence electrons. The Hall–Kier alpha value is -5.28. The predicted octanol–water partition coefficient (Wildman–Crippen LogP) is 13.3. The number of anilines is 1. The molecule has 8 heteroatoms. The Bertz CT molecular complexity index is 2770. The van der Waals surface area contributed by atoms with Gasteiger partial charge in [-0.1, -0.05) is 117 Å². The first-order valence-electron chi connectivity index (χ1n) is 16.6. The van der Waals surface area contributed by atoms with Crippen LogP contribution in [0.2, 0.25) is 0 Å². The number of hydrogen-bond acceptors (Lipinski definition) is 5. The molecule has 0 aliphatic rings. The minimum absolute atomic E-state index is 0. The Balaban J connectivity index is 0.000000148. The minimum Gasteiger partial charge on any atom is -0.398 e. The molecule has 0 radical (unpaired) electrons. The first-order valence-corrected chi connectivity index (χ1v) is 19.0. The molecule has 0 saturated heterocycles. The molecule has 10 aromatic rings. The van der Waals surface area contributed by atoms with E-state index in [2.05, 4.69) is 141 Å². The highest BCUT2D eigenvalue weighted by Gasteiger charge is 2.18. The van der Waals surface area contributed by atoms with E-state index in [0.717, 1.165) is 95.7 Å². The number of rotatable bonds is 2. The van der Waals surface area contributed by atoms with E-state index in [9.17, 15) is 0 Å². The Morgan fingerprint density at radius 1 is 0.365 bits per heavy atom. The van der Waals surface area contributed by atoms with Crippen LogP contribution < -0.4 is 5.73 Å². The van der Waals surface area contributed by atoms with E-state index in [1.165, 1.54) is 10.8 Å². The van der Waals surface area contributed by atoms with Gasteiger partial charge in [-0.05, 0) is 79.8 Å². The smallest absolute Gasteiger partial charge is 0.0971 e. The Labute approximate surface area is 325 Å². The summed E-state index contributed by atoms with van der Waals surface area (Å²) in [5.74, 6) is 0. The van der Waals surface area contributed by atoms with Gasteiger partial charge in [-0.3, -0.25) is 19.9 Å². The maximum Gasteiger partial charge on any atom is 0.0971 e. The van der Waals surface area contributed by atoms with Gasteiger partial charge in [-0.2, -0.15) is 0 Å². The maximum absolute atomic E-state index is 6.71. The summed E-state index contributed by atoms with van der Waals surface area (Å²) < 4.78 is 3.17. The molecule has 0 atom stereocenters.